The van der Waals surface area contributed by atoms with Crippen molar-refractivity contribution in [3.8, 4) is 0 Å². The predicted octanol–water partition coefficient (Wildman–Crippen LogP) is 2.09. The first-order chi connectivity index (χ1) is 9.10. The molecule has 1 aliphatic rings. The zero-order chi connectivity index (χ0) is 14.3. The van der Waals surface area contributed by atoms with Gasteiger partial charge in [0, 0.05) is 19.6 Å². The maximum absolute atomic E-state index is 12.0. The largest absolute Gasteiger partial charge is 0.481 e. The molecule has 19 heavy (non-hydrogen) atoms. The van der Waals surface area contributed by atoms with E-state index in [0.717, 1.165) is 25.7 Å². The zero-order valence-electron chi connectivity index (χ0n) is 11.6. The minimum Gasteiger partial charge on any atom is -0.481 e. The van der Waals surface area contributed by atoms with Crippen molar-refractivity contribution >= 4 is 12.0 Å². The van der Waals surface area contributed by atoms with Crippen LogP contribution in [0.2, 0.25) is 0 Å². The lowest BCUT2D eigenvalue weighted by atomic mass is 9.96. The van der Waals surface area contributed by atoms with Crippen LogP contribution in [0.5, 0.6) is 0 Å². The van der Waals surface area contributed by atoms with Crippen LogP contribution in [0.15, 0.2) is 12.7 Å². The van der Waals surface area contributed by atoms with Gasteiger partial charge in [-0.15, -0.1) is 6.58 Å². The summed E-state index contributed by atoms with van der Waals surface area (Å²) in [5, 5.41) is 11.9. The molecular formula is C14H24N2O3. The van der Waals surface area contributed by atoms with Crippen LogP contribution in [-0.4, -0.2) is 41.6 Å². The Morgan fingerprint density at radius 2 is 2.21 bits per heavy atom. The SMILES string of the molecule is C=CCN(CCC)C(=O)NCC1CCCC1C(=O)O. The summed E-state index contributed by atoms with van der Waals surface area (Å²) in [6.45, 7) is 7.31. The van der Waals surface area contributed by atoms with Crippen LogP contribution in [-0.2, 0) is 4.79 Å². The fraction of sp³-hybridized carbons (Fsp3) is 0.714. The van der Waals surface area contributed by atoms with E-state index in [2.05, 4.69) is 11.9 Å². The second kappa shape index (κ2) is 7.81. The Morgan fingerprint density at radius 1 is 1.47 bits per heavy atom. The summed E-state index contributed by atoms with van der Waals surface area (Å²) in [7, 11) is 0. The molecule has 0 heterocycles. The first-order valence-corrected chi connectivity index (χ1v) is 6.96. The van der Waals surface area contributed by atoms with Crippen LogP contribution in [0.25, 0.3) is 0 Å². The van der Waals surface area contributed by atoms with Gasteiger partial charge in [-0.05, 0) is 25.2 Å². The maximum Gasteiger partial charge on any atom is 0.317 e. The van der Waals surface area contributed by atoms with Crippen LogP contribution < -0.4 is 5.32 Å². The maximum atomic E-state index is 12.0. The molecule has 2 N–H and O–H groups in total. The third-order valence-electron chi connectivity index (χ3n) is 3.62. The number of carbonyl (C=O) groups is 2. The van der Waals surface area contributed by atoms with E-state index in [1.54, 1.807) is 11.0 Å². The normalized spacial score (nSPS) is 21.9. The first kappa shape index (κ1) is 15.5. The van der Waals surface area contributed by atoms with Crippen molar-refractivity contribution in [1.82, 2.24) is 10.2 Å². The van der Waals surface area contributed by atoms with E-state index in [9.17, 15) is 9.59 Å². The summed E-state index contributed by atoms with van der Waals surface area (Å²) < 4.78 is 0. The summed E-state index contributed by atoms with van der Waals surface area (Å²) in [5.41, 5.74) is 0. The summed E-state index contributed by atoms with van der Waals surface area (Å²) in [5.74, 6) is -0.985. The van der Waals surface area contributed by atoms with Gasteiger partial charge in [0.2, 0.25) is 0 Å². The monoisotopic (exact) mass is 268 g/mol. The van der Waals surface area contributed by atoms with Gasteiger partial charge in [-0.25, -0.2) is 4.79 Å². The molecule has 2 unspecified atom stereocenters. The number of nitrogens with zero attached hydrogens (tertiary/aromatic N) is 1. The smallest absolute Gasteiger partial charge is 0.317 e. The number of urea groups is 1. The van der Waals surface area contributed by atoms with E-state index in [4.69, 9.17) is 5.11 Å². The molecule has 108 valence electrons. The minimum absolute atomic E-state index is 0.0636. The lowest BCUT2D eigenvalue weighted by Gasteiger charge is -2.23. The Bertz CT molecular complexity index is 331. The molecule has 5 nitrogen and oxygen atoms in total. The van der Waals surface area contributed by atoms with Crippen LogP contribution in [0, 0.1) is 11.8 Å². The van der Waals surface area contributed by atoms with E-state index in [-0.39, 0.29) is 17.9 Å². The van der Waals surface area contributed by atoms with Gasteiger partial charge in [0.1, 0.15) is 0 Å². The Kier molecular flexibility index (Phi) is 6.39. The molecule has 0 aromatic carbocycles. The molecule has 0 aromatic rings. The fourth-order valence-corrected chi connectivity index (χ4v) is 2.64. The highest BCUT2D eigenvalue weighted by Crippen LogP contribution is 2.31. The Morgan fingerprint density at radius 3 is 2.79 bits per heavy atom. The van der Waals surface area contributed by atoms with Gasteiger partial charge in [-0.3, -0.25) is 4.79 Å². The number of hydrogen-bond acceptors (Lipinski definition) is 2. The third kappa shape index (κ3) is 4.58. The van der Waals surface area contributed by atoms with Crippen LogP contribution in [0.1, 0.15) is 32.6 Å². The number of aliphatic carboxylic acids is 1. The molecule has 2 amide bonds. The molecule has 1 fully saturated rings. The van der Waals surface area contributed by atoms with Gasteiger partial charge in [0.25, 0.3) is 0 Å². The zero-order valence-corrected chi connectivity index (χ0v) is 11.6. The average Bonchev–Trinajstić information content (AvgIpc) is 2.84. The van der Waals surface area contributed by atoms with Crippen molar-refractivity contribution in [2.24, 2.45) is 11.8 Å². The molecule has 0 aliphatic heterocycles. The van der Waals surface area contributed by atoms with Crippen molar-refractivity contribution < 1.29 is 14.7 Å². The molecule has 1 aliphatic carbocycles. The van der Waals surface area contributed by atoms with Crippen molar-refractivity contribution in [2.45, 2.75) is 32.6 Å². The number of carboxylic acid groups (broad SMARTS) is 1. The molecule has 1 saturated carbocycles. The average molecular weight is 268 g/mol. The van der Waals surface area contributed by atoms with Gasteiger partial charge in [0.05, 0.1) is 5.92 Å². The van der Waals surface area contributed by atoms with Gasteiger partial charge >= 0.3 is 12.0 Å². The van der Waals surface area contributed by atoms with Gasteiger partial charge in [-0.1, -0.05) is 19.4 Å². The summed E-state index contributed by atoms with van der Waals surface area (Å²) in [6, 6.07) is -0.127. The number of hydrogen-bond donors (Lipinski definition) is 2. The molecule has 0 bridgehead atoms. The summed E-state index contributed by atoms with van der Waals surface area (Å²) in [6.07, 6.45) is 5.13. The van der Waals surface area contributed by atoms with E-state index >= 15 is 0 Å². The lowest BCUT2D eigenvalue weighted by Crippen LogP contribution is -2.43. The van der Waals surface area contributed by atoms with E-state index in [0.29, 0.717) is 19.6 Å². The van der Waals surface area contributed by atoms with Crippen LogP contribution in [0.3, 0.4) is 0 Å². The fourth-order valence-electron chi connectivity index (χ4n) is 2.64. The number of carboxylic acids is 1. The molecule has 0 aromatic heterocycles. The van der Waals surface area contributed by atoms with Crippen molar-refractivity contribution in [1.29, 1.82) is 0 Å². The number of amides is 2. The topological polar surface area (TPSA) is 69.6 Å². The highest BCUT2D eigenvalue weighted by atomic mass is 16.4. The van der Waals surface area contributed by atoms with Crippen molar-refractivity contribution in [3.63, 3.8) is 0 Å². The molecule has 0 saturated heterocycles. The molecule has 0 radical (unpaired) electrons. The standard InChI is InChI=1S/C14H24N2O3/c1-3-8-16(9-4-2)14(19)15-10-11-6-5-7-12(11)13(17)18/h3,11-12H,1,4-10H2,2H3,(H,15,19)(H,17,18). The Balaban J connectivity index is 2.43. The van der Waals surface area contributed by atoms with E-state index in [1.165, 1.54) is 0 Å². The Hall–Kier alpha value is -1.52. The first-order valence-electron chi connectivity index (χ1n) is 6.96. The Labute approximate surface area is 114 Å². The highest BCUT2D eigenvalue weighted by molar-refractivity contribution is 5.74. The van der Waals surface area contributed by atoms with E-state index < -0.39 is 5.97 Å². The molecule has 2 atom stereocenters. The predicted molar refractivity (Wildman–Crippen MR) is 73.9 cm³/mol. The van der Waals surface area contributed by atoms with Crippen LogP contribution in [0.4, 0.5) is 4.79 Å². The van der Waals surface area contributed by atoms with Gasteiger partial charge in [-0.2, -0.15) is 0 Å². The highest BCUT2D eigenvalue weighted by Gasteiger charge is 2.33. The number of nitrogens with one attached hydrogen (secondary N) is 1. The molecule has 5 heteroatoms. The quantitative estimate of drug-likeness (QED) is 0.695. The summed E-state index contributed by atoms with van der Waals surface area (Å²) in [4.78, 5) is 24.7. The van der Waals surface area contributed by atoms with Crippen LogP contribution >= 0.6 is 0 Å². The molecule has 1 rings (SSSR count). The molecule has 0 spiro atoms. The minimum atomic E-state index is -0.742. The lowest BCUT2D eigenvalue weighted by molar-refractivity contribution is -0.142. The number of carbonyl (C=O) groups excluding carboxylic acids is 1. The van der Waals surface area contributed by atoms with Gasteiger partial charge in [0.15, 0.2) is 0 Å². The van der Waals surface area contributed by atoms with Crippen molar-refractivity contribution in [2.75, 3.05) is 19.6 Å². The second-order valence-electron chi connectivity index (χ2n) is 5.06. The molecular weight excluding hydrogens is 244 g/mol. The summed E-state index contributed by atoms with van der Waals surface area (Å²) >= 11 is 0. The third-order valence-corrected chi connectivity index (χ3v) is 3.62. The second-order valence-corrected chi connectivity index (χ2v) is 5.06. The number of rotatable bonds is 7. The van der Waals surface area contributed by atoms with Gasteiger partial charge < -0.3 is 15.3 Å². The van der Waals surface area contributed by atoms with Crippen molar-refractivity contribution in [3.05, 3.63) is 12.7 Å². The van der Waals surface area contributed by atoms with E-state index in [1.807, 2.05) is 6.92 Å².